The van der Waals surface area contributed by atoms with Crippen LogP contribution in [0.25, 0.3) is 0 Å². The van der Waals surface area contributed by atoms with Crippen molar-refractivity contribution in [2.45, 2.75) is 58.0 Å². The number of anilines is 1. The van der Waals surface area contributed by atoms with Crippen molar-refractivity contribution in [2.24, 2.45) is 11.7 Å². The molecule has 0 spiro atoms. The highest BCUT2D eigenvalue weighted by Gasteiger charge is 2.24. The van der Waals surface area contributed by atoms with Crippen molar-refractivity contribution >= 4 is 41.5 Å². The number of benzene rings is 1. The van der Waals surface area contributed by atoms with Gasteiger partial charge in [0, 0.05) is 24.8 Å². The Bertz CT molecular complexity index is 631. The first-order valence-corrected chi connectivity index (χ1v) is 9.32. The fraction of sp³-hybridized carbons (Fsp3) is 0.579. The molecule has 26 heavy (non-hydrogen) atoms. The Kier molecular flexibility index (Phi) is 8.87. The molecule has 0 heterocycles. The van der Waals surface area contributed by atoms with Crippen molar-refractivity contribution in [1.82, 2.24) is 4.90 Å². The summed E-state index contributed by atoms with van der Waals surface area (Å²) >= 11 is 6.31. The number of amides is 2. The van der Waals surface area contributed by atoms with E-state index in [9.17, 15) is 9.59 Å². The normalized spacial score (nSPS) is 17.0. The predicted octanol–water partition coefficient (Wildman–Crippen LogP) is 4.09. The van der Waals surface area contributed by atoms with E-state index in [2.05, 4.69) is 5.32 Å². The minimum Gasteiger partial charge on any atom is -0.339 e. The number of carbonyl (C=O) groups is 2. The second-order valence-electron chi connectivity index (χ2n) is 7.04. The number of hydrogen-bond donors (Lipinski definition) is 2. The molecule has 146 valence electrons. The molecule has 2 rings (SSSR count). The van der Waals surface area contributed by atoms with Gasteiger partial charge in [-0.05, 0) is 38.0 Å². The van der Waals surface area contributed by atoms with E-state index in [4.69, 9.17) is 17.3 Å². The van der Waals surface area contributed by atoms with E-state index in [1.807, 2.05) is 7.05 Å². The van der Waals surface area contributed by atoms with E-state index < -0.39 is 0 Å². The Labute approximate surface area is 167 Å². The van der Waals surface area contributed by atoms with Crippen molar-refractivity contribution in [2.75, 3.05) is 12.4 Å². The molecule has 2 atom stereocenters. The highest BCUT2D eigenvalue weighted by molar-refractivity contribution is 6.34. The molecule has 2 unspecified atom stereocenters. The fourth-order valence-electron chi connectivity index (χ4n) is 3.09. The highest BCUT2D eigenvalue weighted by atomic mass is 35.5. The van der Waals surface area contributed by atoms with Gasteiger partial charge in [0.1, 0.15) is 0 Å². The van der Waals surface area contributed by atoms with Gasteiger partial charge in [-0.15, -0.1) is 12.4 Å². The molecule has 7 heteroatoms. The van der Waals surface area contributed by atoms with Crippen LogP contribution in [0.1, 0.15) is 56.3 Å². The van der Waals surface area contributed by atoms with Crippen LogP contribution in [0.5, 0.6) is 0 Å². The van der Waals surface area contributed by atoms with Crippen LogP contribution in [0, 0.1) is 5.92 Å². The molecule has 1 aromatic rings. The van der Waals surface area contributed by atoms with Gasteiger partial charge >= 0.3 is 0 Å². The first-order chi connectivity index (χ1) is 11.8. The van der Waals surface area contributed by atoms with Crippen LogP contribution in [0.2, 0.25) is 5.02 Å². The zero-order chi connectivity index (χ0) is 18.6. The number of nitrogens with zero attached hydrogens (tertiary/aromatic N) is 1. The van der Waals surface area contributed by atoms with E-state index >= 15 is 0 Å². The average molecular weight is 402 g/mol. The topological polar surface area (TPSA) is 75.4 Å². The molecule has 0 radical (unpaired) electrons. The summed E-state index contributed by atoms with van der Waals surface area (Å²) < 4.78 is 0. The van der Waals surface area contributed by atoms with Crippen LogP contribution < -0.4 is 11.1 Å². The lowest BCUT2D eigenvalue weighted by molar-refractivity contribution is -0.119. The number of halogens is 2. The Hall–Kier alpha value is -1.30. The third kappa shape index (κ3) is 5.60. The molecule has 1 saturated carbocycles. The second-order valence-corrected chi connectivity index (χ2v) is 7.45. The summed E-state index contributed by atoms with van der Waals surface area (Å²) in [5.74, 6) is -0.541. The molecular formula is C19H29Cl2N3O2. The predicted molar refractivity (Wildman–Crippen MR) is 109 cm³/mol. The molecule has 0 saturated heterocycles. The minimum atomic E-state index is -0.308. The lowest BCUT2D eigenvalue weighted by Crippen LogP contribution is -2.38. The highest BCUT2D eigenvalue weighted by Crippen LogP contribution is 2.26. The van der Waals surface area contributed by atoms with Crippen LogP contribution >= 0.6 is 24.0 Å². The monoisotopic (exact) mass is 401 g/mol. The summed E-state index contributed by atoms with van der Waals surface area (Å²) in [5.41, 5.74) is 6.79. The Morgan fingerprint density at radius 1 is 1.23 bits per heavy atom. The molecule has 5 nitrogen and oxygen atoms in total. The Morgan fingerprint density at radius 3 is 2.38 bits per heavy atom. The first-order valence-electron chi connectivity index (χ1n) is 8.94. The largest absolute Gasteiger partial charge is 0.339 e. The molecule has 0 bridgehead atoms. The summed E-state index contributed by atoms with van der Waals surface area (Å²) in [6.07, 6.45) is 5.66. The number of nitrogens with one attached hydrogen (secondary N) is 1. The van der Waals surface area contributed by atoms with Crippen molar-refractivity contribution in [1.29, 1.82) is 0 Å². The third-order valence-electron chi connectivity index (χ3n) is 5.11. The van der Waals surface area contributed by atoms with Crippen LogP contribution in [0.15, 0.2) is 18.2 Å². The molecule has 1 fully saturated rings. The van der Waals surface area contributed by atoms with Crippen molar-refractivity contribution in [3.63, 3.8) is 0 Å². The van der Waals surface area contributed by atoms with Gasteiger partial charge in [0.15, 0.2) is 0 Å². The fourth-order valence-corrected chi connectivity index (χ4v) is 3.35. The lowest BCUT2D eigenvalue weighted by atomic mass is 9.94. The molecule has 0 aromatic heterocycles. The molecule has 1 aliphatic rings. The summed E-state index contributed by atoms with van der Waals surface area (Å²) in [6.45, 7) is 3.57. The Balaban J connectivity index is 0.00000338. The smallest absolute Gasteiger partial charge is 0.255 e. The number of rotatable bonds is 5. The van der Waals surface area contributed by atoms with Gasteiger partial charge in [0.25, 0.3) is 5.91 Å². The van der Waals surface area contributed by atoms with Gasteiger partial charge in [-0.1, -0.05) is 37.8 Å². The summed E-state index contributed by atoms with van der Waals surface area (Å²) in [7, 11) is 1.84. The maximum atomic E-state index is 12.7. The summed E-state index contributed by atoms with van der Waals surface area (Å²) in [6, 6.07) is 5.05. The summed E-state index contributed by atoms with van der Waals surface area (Å²) in [5, 5.41) is 3.14. The number of carbonyl (C=O) groups excluding carboxylic acids is 2. The quantitative estimate of drug-likeness (QED) is 0.779. The maximum Gasteiger partial charge on any atom is 0.255 e. The number of hydrogen-bond acceptors (Lipinski definition) is 3. The van der Waals surface area contributed by atoms with Gasteiger partial charge in [-0.25, -0.2) is 0 Å². The zero-order valence-corrected chi connectivity index (χ0v) is 17.2. The molecule has 2 amide bonds. The van der Waals surface area contributed by atoms with Crippen LogP contribution in [0.3, 0.4) is 0 Å². The third-order valence-corrected chi connectivity index (χ3v) is 5.42. The molecule has 1 aliphatic carbocycles. The molecule has 1 aromatic carbocycles. The van der Waals surface area contributed by atoms with Crippen molar-refractivity contribution in [3.05, 3.63) is 28.8 Å². The van der Waals surface area contributed by atoms with Gasteiger partial charge in [-0.3, -0.25) is 9.59 Å². The Morgan fingerprint density at radius 2 is 1.85 bits per heavy atom. The van der Waals surface area contributed by atoms with Crippen molar-refractivity contribution in [3.8, 4) is 0 Å². The first kappa shape index (κ1) is 22.7. The SMILES string of the molecule is CC(N)C(C)C(=O)Nc1ccc(C(=O)N(C)C2CCCCC2)c(Cl)c1.Cl. The average Bonchev–Trinajstić information content (AvgIpc) is 2.60. The van der Waals surface area contributed by atoms with Crippen LogP contribution in [-0.4, -0.2) is 35.8 Å². The van der Waals surface area contributed by atoms with Crippen molar-refractivity contribution < 1.29 is 9.59 Å². The summed E-state index contributed by atoms with van der Waals surface area (Å²) in [4.78, 5) is 26.6. The van der Waals surface area contributed by atoms with E-state index in [1.165, 1.54) is 19.3 Å². The standard InChI is InChI=1S/C19H28ClN3O2.ClH/c1-12(13(2)21)18(24)22-14-9-10-16(17(20)11-14)19(25)23(3)15-7-5-4-6-8-15;/h9-13,15H,4-8,21H2,1-3H3,(H,22,24);1H. The second kappa shape index (κ2) is 10.1. The zero-order valence-electron chi connectivity index (χ0n) is 15.6. The van der Waals surface area contributed by atoms with Gasteiger partial charge in [0.05, 0.1) is 16.5 Å². The van der Waals surface area contributed by atoms with Crippen LogP contribution in [0.4, 0.5) is 5.69 Å². The van der Waals surface area contributed by atoms with E-state index in [0.717, 1.165) is 12.8 Å². The van der Waals surface area contributed by atoms with Gasteiger partial charge in [0.2, 0.25) is 5.91 Å². The minimum absolute atomic E-state index is 0. The molecular weight excluding hydrogens is 373 g/mol. The van der Waals surface area contributed by atoms with Gasteiger partial charge < -0.3 is 16.0 Å². The number of nitrogens with two attached hydrogens (primary N) is 1. The van der Waals surface area contributed by atoms with E-state index in [-0.39, 0.29) is 42.2 Å². The van der Waals surface area contributed by atoms with Crippen LogP contribution in [-0.2, 0) is 4.79 Å². The molecule has 0 aliphatic heterocycles. The van der Waals surface area contributed by atoms with E-state index in [1.54, 1.807) is 36.9 Å². The maximum absolute atomic E-state index is 12.7. The lowest BCUT2D eigenvalue weighted by Gasteiger charge is -2.31. The van der Waals surface area contributed by atoms with E-state index in [0.29, 0.717) is 16.3 Å². The van der Waals surface area contributed by atoms with Gasteiger partial charge in [-0.2, -0.15) is 0 Å². The molecule has 3 N–H and O–H groups in total.